The molecule has 0 atom stereocenters. The largest absolute Gasteiger partial charge is 0.494 e. The zero-order chi connectivity index (χ0) is 19.8. The second-order valence-corrected chi connectivity index (χ2v) is 6.73. The third-order valence-corrected chi connectivity index (χ3v) is 4.76. The van der Waals surface area contributed by atoms with Gasteiger partial charge in [0.25, 0.3) is 0 Å². The standard InChI is InChI=1S/C21H25N5O2/c1-2-3-14-28-18-6-4-17(5-7-18)15-20(27)25-10-12-26(13-11-25)21-19(16-22)23-8-9-24-21/h4-9H,2-3,10-15H2,1H3. The molecule has 1 fully saturated rings. The molecule has 0 aliphatic carbocycles. The van der Waals surface area contributed by atoms with Gasteiger partial charge in [-0.3, -0.25) is 4.79 Å². The molecule has 3 rings (SSSR count). The van der Waals surface area contributed by atoms with E-state index in [1.807, 2.05) is 34.1 Å². The van der Waals surface area contributed by atoms with E-state index in [1.165, 1.54) is 6.20 Å². The first-order chi connectivity index (χ1) is 13.7. The number of nitriles is 1. The lowest BCUT2D eigenvalue weighted by Gasteiger charge is -2.35. The van der Waals surface area contributed by atoms with E-state index in [4.69, 9.17) is 4.74 Å². The van der Waals surface area contributed by atoms with Gasteiger partial charge in [0.15, 0.2) is 11.5 Å². The number of benzene rings is 1. The second kappa shape index (κ2) is 9.70. The first-order valence-corrected chi connectivity index (χ1v) is 9.67. The topological polar surface area (TPSA) is 82.3 Å². The van der Waals surface area contributed by atoms with Crippen molar-refractivity contribution in [2.45, 2.75) is 26.2 Å². The molecule has 0 N–H and O–H groups in total. The van der Waals surface area contributed by atoms with Crippen molar-refractivity contribution in [3.05, 3.63) is 47.9 Å². The van der Waals surface area contributed by atoms with Crippen LogP contribution in [0.1, 0.15) is 31.0 Å². The molecule has 7 nitrogen and oxygen atoms in total. The molecular weight excluding hydrogens is 354 g/mol. The van der Waals surface area contributed by atoms with E-state index in [-0.39, 0.29) is 5.91 Å². The van der Waals surface area contributed by atoms with Crippen molar-refractivity contribution in [3.8, 4) is 11.8 Å². The average Bonchev–Trinajstić information content (AvgIpc) is 2.75. The lowest BCUT2D eigenvalue weighted by atomic mass is 10.1. The van der Waals surface area contributed by atoms with E-state index in [2.05, 4.69) is 23.0 Å². The molecule has 2 heterocycles. The number of piperazine rings is 1. The number of carbonyl (C=O) groups excluding carboxylic acids is 1. The Balaban J connectivity index is 1.51. The van der Waals surface area contributed by atoms with Crippen LogP contribution in [0.5, 0.6) is 5.75 Å². The molecule has 1 amide bonds. The van der Waals surface area contributed by atoms with Gasteiger partial charge in [-0.2, -0.15) is 5.26 Å². The Labute approximate surface area is 165 Å². The van der Waals surface area contributed by atoms with E-state index < -0.39 is 0 Å². The van der Waals surface area contributed by atoms with Crippen LogP contribution in [0.2, 0.25) is 0 Å². The monoisotopic (exact) mass is 379 g/mol. The lowest BCUT2D eigenvalue weighted by molar-refractivity contribution is -0.130. The smallest absolute Gasteiger partial charge is 0.227 e. The molecule has 0 unspecified atom stereocenters. The molecule has 0 saturated carbocycles. The fraction of sp³-hybridized carbons (Fsp3) is 0.429. The van der Waals surface area contributed by atoms with Gasteiger partial charge in [0.2, 0.25) is 5.91 Å². The molecule has 1 aliphatic heterocycles. The van der Waals surface area contributed by atoms with Crippen molar-refractivity contribution in [1.82, 2.24) is 14.9 Å². The highest BCUT2D eigenvalue weighted by Crippen LogP contribution is 2.18. The van der Waals surface area contributed by atoms with Crippen LogP contribution in [0, 0.1) is 11.3 Å². The number of unbranched alkanes of at least 4 members (excludes halogenated alkanes) is 1. The lowest BCUT2D eigenvalue weighted by Crippen LogP contribution is -2.49. The fourth-order valence-corrected chi connectivity index (χ4v) is 3.13. The number of rotatable bonds is 7. The highest BCUT2D eigenvalue weighted by atomic mass is 16.5. The normalized spacial score (nSPS) is 13.9. The molecule has 1 aromatic carbocycles. The third-order valence-electron chi connectivity index (χ3n) is 4.76. The van der Waals surface area contributed by atoms with Crippen LogP contribution in [-0.2, 0) is 11.2 Å². The second-order valence-electron chi connectivity index (χ2n) is 6.73. The van der Waals surface area contributed by atoms with Crippen LogP contribution < -0.4 is 9.64 Å². The maximum Gasteiger partial charge on any atom is 0.227 e. The first-order valence-electron chi connectivity index (χ1n) is 9.67. The summed E-state index contributed by atoms with van der Waals surface area (Å²) in [7, 11) is 0. The van der Waals surface area contributed by atoms with Crippen LogP contribution in [-0.4, -0.2) is 53.6 Å². The number of ether oxygens (including phenoxy) is 1. The van der Waals surface area contributed by atoms with Crippen molar-refractivity contribution < 1.29 is 9.53 Å². The molecule has 28 heavy (non-hydrogen) atoms. The fourth-order valence-electron chi connectivity index (χ4n) is 3.13. The van der Waals surface area contributed by atoms with Gasteiger partial charge in [-0.15, -0.1) is 0 Å². The summed E-state index contributed by atoms with van der Waals surface area (Å²) >= 11 is 0. The molecule has 7 heteroatoms. The van der Waals surface area contributed by atoms with Crippen molar-refractivity contribution in [2.75, 3.05) is 37.7 Å². The molecule has 1 aliphatic rings. The highest BCUT2D eigenvalue weighted by Gasteiger charge is 2.23. The SMILES string of the molecule is CCCCOc1ccc(CC(=O)N2CCN(c3nccnc3C#N)CC2)cc1. The minimum absolute atomic E-state index is 0.110. The number of aromatic nitrogens is 2. The van der Waals surface area contributed by atoms with Gasteiger partial charge in [0.05, 0.1) is 13.0 Å². The van der Waals surface area contributed by atoms with Gasteiger partial charge >= 0.3 is 0 Å². The molecule has 146 valence electrons. The summed E-state index contributed by atoms with van der Waals surface area (Å²) < 4.78 is 5.66. The highest BCUT2D eigenvalue weighted by molar-refractivity contribution is 5.79. The van der Waals surface area contributed by atoms with Crippen LogP contribution in [0.3, 0.4) is 0 Å². The number of carbonyl (C=O) groups is 1. The quantitative estimate of drug-likeness (QED) is 0.687. The van der Waals surface area contributed by atoms with Gasteiger partial charge in [0.1, 0.15) is 11.8 Å². The summed E-state index contributed by atoms with van der Waals surface area (Å²) in [5.41, 5.74) is 1.31. The maximum absolute atomic E-state index is 12.6. The summed E-state index contributed by atoms with van der Waals surface area (Å²) in [4.78, 5) is 24.8. The molecule has 1 aromatic heterocycles. The van der Waals surface area contributed by atoms with Crippen LogP contribution >= 0.6 is 0 Å². The molecule has 1 saturated heterocycles. The summed E-state index contributed by atoms with van der Waals surface area (Å²) in [5.74, 6) is 1.55. The number of anilines is 1. The zero-order valence-corrected chi connectivity index (χ0v) is 16.2. The van der Waals surface area contributed by atoms with Crippen molar-refractivity contribution >= 4 is 11.7 Å². The molecular formula is C21H25N5O2. The van der Waals surface area contributed by atoms with Crippen molar-refractivity contribution in [2.24, 2.45) is 0 Å². The number of hydrogen-bond acceptors (Lipinski definition) is 6. The van der Waals surface area contributed by atoms with E-state index in [0.717, 1.165) is 30.8 Å². The van der Waals surface area contributed by atoms with Crippen molar-refractivity contribution in [1.29, 1.82) is 5.26 Å². The summed E-state index contributed by atoms with van der Waals surface area (Å²) in [6.07, 6.45) is 5.63. The van der Waals surface area contributed by atoms with E-state index in [0.29, 0.717) is 44.1 Å². The Morgan fingerprint density at radius 3 is 2.54 bits per heavy atom. The Bertz CT molecular complexity index is 823. The van der Waals surface area contributed by atoms with Gasteiger partial charge in [-0.05, 0) is 24.1 Å². The van der Waals surface area contributed by atoms with E-state index in [9.17, 15) is 10.1 Å². The summed E-state index contributed by atoms with van der Waals surface area (Å²) in [6.45, 7) is 5.36. The van der Waals surface area contributed by atoms with Crippen LogP contribution in [0.15, 0.2) is 36.7 Å². The predicted octanol–water partition coefficient (Wildman–Crippen LogP) is 2.42. The summed E-state index contributed by atoms with van der Waals surface area (Å²) in [5, 5.41) is 9.18. The first kappa shape index (κ1) is 19.6. The number of hydrogen-bond donors (Lipinski definition) is 0. The van der Waals surface area contributed by atoms with E-state index in [1.54, 1.807) is 6.20 Å². The van der Waals surface area contributed by atoms with Crippen LogP contribution in [0.25, 0.3) is 0 Å². The molecule has 0 bridgehead atoms. The average molecular weight is 379 g/mol. The van der Waals surface area contributed by atoms with Gasteiger partial charge in [-0.1, -0.05) is 25.5 Å². The van der Waals surface area contributed by atoms with Crippen LogP contribution in [0.4, 0.5) is 5.82 Å². The van der Waals surface area contributed by atoms with Gasteiger partial charge in [-0.25, -0.2) is 9.97 Å². The number of nitrogens with zero attached hydrogens (tertiary/aromatic N) is 5. The van der Waals surface area contributed by atoms with E-state index >= 15 is 0 Å². The molecule has 0 spiro atoms. The predicted molar refractivity (Wildman–Crippen MR) is 106 cm³/mol. The Hall–Kier alpha value is -3.14. The molecule has 0 radical (unpaired) electrons. The Morgan fingerprint density at radius 1 is 1.14 bits per heavy atom. The minimum atomic E-state index is 0.110. The Kier molecular flexibility index (Phi) is 6.79. The van der Waals surface area contributed by atoms with Gasteiger partial charge < -0.3 is 14.5 Å². The van der Waals surface area contributed by atoms with Crippen molar-refractivity contribution in [3.63, 3.8) is 0 Å². The van der Waals surface area contributed by atoms with Gasteiger partial charge in [0, 0.05) is 38.6 Å². The number of amides is 1. The minimum Gasteiger partial charge on any atom is -0.494 e. The third kappa shape index (κ3) is 4.97. The maximum atomic E-state index is 12.6. The molecule has 2 aromatic rings. The zero-order valence-electron chi connectivity index (χ0n) is 16.2. The summed E-state index contributed by atoms with van der Waals surface area (Å²) in [6, 6.07) is 9.83. The Morgan fingerprint density at radius 2 is 1.86 bits per heavy atom.